The fourth-order valence-corrected chi connectivity index (χ4v) is 3.01. The lowest BCUT2D eigenvalue weighted by atomic mass is 10.0. The summed E-state index contributed by atoms with van der Waals surface area (Å²) in [4.78, 5) is 12.0. The molecule has 0 aliphatic carbocycles. The van der Waals surface area contributed by atoms with E-state index in [0.717, 1.165) is 38.5 Å². The van der Waals surface area contributed by atoms with Gasteiger partial charge in [-0.3, -0.25) is 4.79 Å². The molecule has 0 amide bonds. The quantitative estimate of drug-likeness (QED) is 0.372. The van der Waals surface area contributed by atoms with Crippen molar-refractivity contribution in [3.63, 3.8) is 0 Å². The molecule has 0 atom stereocenters. The van der Waals surface area contributed by atoms with Gasteiger partial charge in [-0.2, -0.15) is 0 Å². The lowest BCUT2D eigenvalue weighted by Crippen LogP contribution is -1.99. The monoisotopic (exact) mass is 374 g/mol. The number of terminal acetylenes is 2. The van der Waals surface area contributed by atoms with Gasteiger partial charge in [0.25, 0.3) is 0 Å². The van der Waals surface area contributed by atoms with E-state index in [1.54, 1.807) is 0 Å². The number of Topliss-reactive ketones (excluding diaryl/α,β-unsaturated/α-hetero) is 1. The molecule has 0 bridgehead atoms. The molecule has 0 fully saturated rings. The van der Waals surface area contributed by atoms with Crippen LogP contribution >= 0.6 is 0 Å². The maximum atomic E-state index is 12.0. The van der Waals surface area contributed by atoms with Crippen molar-refractivity contribution < 1.29 is 14.3 Å². The predicted octanol–water partition coefficient (Wildman–Crippen LogP) is 5.32. The molecule has 0 aliphatic rings. The highest BCUT2D eigenvalue weighted by molar-refractivity contribution is 5.78. The number of rotatable bonds is 12. The smallest absolute Gasteiger partial charge is 0.140 e. The average molecular weight is 374 g/mol. The topological polar surface area (TPSA) is 35.5 Å². The molecule has 0 saturated heterocycles. The van der Waals surface area contributed by atoms with Crippen molar-refractivity contribution in [1.29, 1.82) is 0 Å². The summed E-state index contributed by atoms with van der Waals surface area (Å²) in [6, 6.07) is 15.5. The molecule has 3 heteroatoms. The zero-order valence-corrected chi connectivity index (χ0v) is 16.2. The maximum absolute atomic E-state index is 12.0. The first-order valence-electron chi connectivity index (χ1n) is 9.65. The number of ether oxygens (including phenoxy) is 2. The molecule has 0 heterocycles. The van der Waals surface area contributed by atoms with Crippen LogP contribution in [0.1, 0.15) is 49.7 Å². The van der Waals surface area contributed by atoms with Crippen molar-refractivity contribution >= 4 is 5.78 Å². The van der Waals surface area contributed by atoms with Crippen molar-refractivity contribution in [1.82, 2.24) is 0 Å². The highest BCUT2D eigenvalue weighted by Crippen LogP contribution is 2.16. The largest absolute Gasteiger partial charge is 0.408 e. The fourth-order valence-electron chi connectivity index (χ4n) is 3.01. The van der Waals surface area contributed by atoms with Crippen LogP contribution in [-0.2, 0) is 17.6 Å². The lowest BCUT2D eigenvalue weighted by Gasteiger charge is -2.04. The van der Waals surface area contributed by atoms with Gasteiger partial charge in [-0.1, -0.05) is 37.1 Å². The average Bonchev–Trinajstić information content (AvgIpc) is 2.71. The van der Waals surface area contributed by atoms with Gasteiger partial charge in [0.1, 0.15) is 29.5 Å². The van der Waals surface area contributed by atoms with Crippen LogP contribution in [0.15, 0.2) is 48.5 Å². The summed E-state index contributed by atoms with van der Waals surface area (Å²) < 4.78 is 9.96. The van der Waals surface area contributed by atoms with Crippen LogP contribution in [-0.4, -0.2) is 5.78 Å². The number of ketones is 1. The van der Waals surface area contributed by atoms with Crippen molar-refractivity contribution in [3.8, 4) is 36.6 Å². The number of unbranched alkanes of at least 4 members (excludes halogenated alkanes) is 2. The van der Waals surface area contributed by atoms with Crippen LogP contribution in [0.5, 0.6) is 11.5 Å². The second-order valence-corrected chi connectivity index (χ2v) is 6.68. The van der Waals surface area contributed by atoms with E-state index < -0.39 is 0 Å². The minimum absolute atomic E-state index is 0.357. The van der Waals surface area contributed by atoms with E-state index in [1.807, 2.05) is 48.5 Å². The lowest BCUT2D eigenvalue weighted by molar-refractivity contribution is -0.119. The van der Waals surface area contributed by atoms with Crippen LogP contribution in [0, 0.1) is 25.1 Å². The molecular weight excluding hydrogens is 348 g/mol. The molecule has 0 radical (unpaired) electrons. The summed E-state index contributed by atoms with van der Waals surface area (Å²) in [6.07, 6.45) is 21.6. The van der Waals surface area contributed by atoms with E-state index in [4.69, 9.17) is 22.3 Å². The molecule has 2 aromatic carbocycles. The Morgan fingerprint density at radius 2 is 1.07 bits per heavy atom. The van der Waals surface area contributed by atoms with Gasteiger partial charge >= 0.3 is 0 Å². The summed E-state index contributed by atoms with van der Waals surface area (Å²) in [5.74, 6) is 1.71. The van der Waals surface area contributed by atoms with Crippen LogP contribution in [0.2, 0.25) is 0 Å². The van der Waals surface area contributed by atoms with Crippen LogP contribution < -0.4 is 9.47 Å². The Bertz CT molecular complexity index is 735. The molecule has 0 N–H and O–H groups in total. The summed E-state index contributed by atoms with van der Waals surface area (Å²) in [6.45, 7) is 0. The molecule has 0 aromatic heterocycles. The normalized spacial score (nSPS) is 9.93. The van der Waals surface area contributed by atoms with Gasteiger partial charge in [-0.05, 0) is 73.9 Å². The second kappa shape index (κ2) is 12.3. The summed E-state index contributed by atoms with van der Waals surface area (Å²) in [5.41, 5.74) is 2.46. The Hall–Kier alpha value is -3.17. The summed E-state index contributed by atoms with van der Waals surface area (Å²) >= 11 is 0. The second-order valence-electron chi connectivity index (χ2n) is 6.68. The highest BCUT2D eigenvalue weighted by Gasteiger charge is 2.03. The number of hydrogen-bond acceptors (Lipinski definition) is 3. The first-order valence-corrected chi connectivity index (χ1v) is 9.65. The Labute approximate surface area is 168 Å². The Morgan fingerprint density at radius 3 is 1.43 bits per heavy atom. The zero-order chi connectivity index (χ0) is 20.0. The van der Waals surface area contributed by atoms with Crippen LogP contribution in [0.3, 0.4) is 0 Å². The first-order chi connectivity index (χ1) is 13.7. The molecule has 3 nitrogen and oxygen atoms in total. The van der Waals surface area contributed by atoms with Crippen molar-refractivity contribution in [2.24, 2.45) is 0 Å². The first kappa shape index (κ1) is 21.1. The highest BCUT2D eigenvalue weighted by atomic mass is 16.5. The van der Waals surface area contributed by atoms with Crippen molar-refractivity contribution in [2.45, 2.75) is 51.4 Å². The van der Waals surface area contributed by atoms with Gasteiger partial charge in [-0.15, -0.1) is 0 Å². The van der Waals surface area contributed by atoms with Gasteiger partial charge in [0.05, 0.1) is 0 Å². The van der Waals surface area contributed by atoms with E-state index >= 15 is 0 Å². The minimum Gasteiger partial charge on any atom is -0.408 e. The predicted molar refractivity (Wildman–Crippen MR) is 112 cm³/mol. The Kier molecular flexibility index (Phi) is 9.25. The molecule has 0 aliphatic heterocycles. The molecular formula is C25H26O3. The molecule has 2 rings (SSSR count). The van der Waals surface area contributed by atoms with Gasteiger partial charge in [0, 0.05) is 12.8 Å². The number of carbonyl (C=O) groups excluding carboxylic acids is 1. The Morgan fingerprint density at radius 1 is 0.679 bits per heavy atom. The van der Waals surface area contributed by atoms with Gasteiger partial charge < -0.3 is 9.47 Å². The third-order valence-electron chi connectivity index (χ3n) is 4.54. The third kappa shape index (κ3) is 8.02. The maximum Gasteiger partial charge on any atom is 0.140 e. The van der Waals surface area contributed by atoms with E-state index in [2.05, 4.69) is 12.2 Å². The number of hydrogen-bond donors (Lipinski definition) is 0. The minimum atomic E-state index is 0.357. The standard InChI is InChI=1S/C25H26O3/c1-3-27-24-17-13-21(14-18-24)9-5-7-11-23(26)12-8-6-10-22-15-19-25(20-16-22)28-4-2/h1-2,13-20H,5-12H2. The van der Waals surface area contributed by atoms with Crippen molar-refractivity contribution in [2.75, 3.05) is 0 Å². The fraction of sp³-hybridized carbons (Fsp3) is 0.320. The van der Waals surface area contributed by atoms with E-state index in [1.165, 1.54) is 11.1 Å². The van der Waals surface area contributed by atoms with Crippen LogP contribution in [0.25, 0.3) is 0 Å². The number of benzene rings is 2. The van der Waals surface area contributed by atoms with Crippen molar-refractivity contribution in [3.05, 3.63) is 59.7 Å². The molecule has 28 heavy (non-hydrogen) atoms. The zero-order valence-electron chi connectivity index (χ0n) is 16.2. The number of aryl methyl sites for hydroxylation is 2. The van der Waals surface area contributed by atoms with Gasteiger partial charge in [0.2, 0.25) is 0 Å². The van der Waals surface area contributed by atoms with Gasteiger partial charge in [-0.25, -0.2) is 0 Å². The van der Waals surface area contributed by atoms with Gasteiger partial charge in [0.15, 0.2) is 0 Å². The SMILES string of the molecule is C#COc1ccc(CCCCC(=O)CCCCc2ccc(OC#C)cc2)cc1. The number of carbonyl (C=O) groups is 1. The molecule has 144 valence electrons. The van der Waals surface area contributed by atoms with Crippen LogP contribution in [0.4, 0.5) is 0 Å². The van der Waals surface area contributed by atoms with E-state index in [0.29, 0.717) is 30.1 Å². The summed E-state index contributed by atoms with van der Waals surface area (Å²) in [5, 5.41) is 0. The molecule has 0 unspecified atom stereocenters. The molecule has 2 aromatic rings. The Balaban J connectivity index is 1.54. The molecule has 0 spiro atoms. The van der Waals surface area contributed by atoms with E-state index in [-0.39, 0.29) is 0 Å². The van der Waals surface area contributed by atoms with E-state index in [9.17, 15) is 4.79 Å². The third-order valence-corrected chi connectivity index (χ3v) is 4.54. The summed E-state index contributed by atoms with van der Waals surface area (Å²) in [7, 11) is 0. The molecule has 0 saturated carbocycles.